The van der Waals surface area contributed by atoms with Crippen LogP contribution in [0.3, 0.4) is 0 Å². The van der Waals surface area contributed by atoms with Crippen molar-refractivity contribution < 1.29 is 14.3 Å². The molecule has 0 radical (unpaired) electrons. The summed E-state index contributed by atoms with van der Waals surface area (Å²) >= 11 is 1.45. The van der Waals surface area contributed by atoms with E-state index in [1.54, 1.807) is 22.1 Å². The molecule has 1 aliphatic rings. The number of nitrogens with zero attached hydrogens (tertiary/aromatic N) is 3. The van der Waals surface area contributed by atoms with Gasteiger partial charge in [-0.1, -0.05) is 19.1 Å². The predicted molar refractivity (Wildman–Crippen MR) is 101 cm³/mol. The summed E-state index contributed by atoms with van der Waals surface area (Å²) in [7, 11) is 0. The second kappa shape index (κ2) is 8.31. The molecule has 1 aromatic carbocycles. The van der Waals surface area contributed by atoms with Gasteiger partial charge < -0.3 is 14.5 Å². The molecule has 0 spiro atoms. The van der Waals surface area contributed by atoms with Gasteiger partial charge in [-0.3, -0.25) is 9.59 Å². The molecule has 0 bridgehead atoms. The van der Waals surface area contributed by atoms with Gasteiger partial charge in [-0.2, -0.15) is 0 Å². The lowest BCUT2D eigenvalue weighted by atomic mass is 10.1. The van der Waals surface area contributed by atoms with E-state index in [2.05, 4.69) is 4.98 Å². The Morgan fingerprint density at radius 2 is 1.73 bits per heavy atom. The van der Waals surface area contributed by atoms with Crippen molar-refractivity contribution in [3.8, 4) is 5.75 Å². The third-order valence-corrected chi connectivity index (χ3v) is 5.47. The van der Waals surface area contributed by atoms with Gasteiger partial charge in [0.2, 0.25) is 0 Å². The summed E-state index contributed by atoms with van der Waals surface area (Å²) < 4.78 is 5.56. The number of thiazole rings is 1. The molecule has 1 fully saturated rings. The van der Waals surface area contributed by atoms with Crippen molar-refractivity contribution in [2.24, 2.45) is 0 Å². The fourth-order valence-corrected chi connectivity index (χ4v) is 3.76. The van der Waals surface area contributed by atoms with Gasteiger partial charge in [-0.25, -0.2) is 4.98 Å². The Morgan fingerprint density at radius 1 is 1.08 bits per heavy atom. The molecular formula is C19H23N3O3S. The van der Waals surface area contributed by atoms with Crippen LogP contribution in [-0.4, -0.2) is 59.4 Å². The van der Waals surface area contributed by atoms with Crippen molar-refractivity contribution >= 4 is 23.2 Å². The normalized spacial score (nSPS) is 14.4. The van der Waals surface area contributed by atoms with Gasteiger partial charge in [0.05, 0.1) is 23.4 Å². The van der Waals surface area contributed by atoms with Crippen molar-refractivity contribution in [1.82, 2.24) is 14.8 Å². The highest BCUT2D eigenvalue weighted by atomic mass is 32.1. The van der Waals surface area contributed by atoms with Crippen LogP contribution in [0.25, 0.3) is 0 Å². The van der Waals surface area contributed by atoms with Crippen molar-refractivity contribution in [2.45, 2.75) is 20.3 Å². The van der Waals surface area contributed by atoms with Gasteiger partial charge in [0.1, 0.15) is 10.6 Å². The Kier molecular flexibility index (Phi) is 5.88. The Bertz CT molecular complexity index is 782. The first-order chi connectivity index (χ1) is 12.6. The number of carbonyl (C=O) groups excluding carboxylic acids is 2. The zero-order valence-corrected chi connectivity index (χ0v) is 15.9. The van der Waals surface area contributed by atoms with Gasteiger partial charge >= 0.3 is 0 Å². The number of benzene rings is 1. The average molecular weight is 373 g/mol. The SMILES string of the molecule is CCOc1ccccc1C(=O)N1CCN(C(=O)c2cnc(CC)s2)CC1. The van der Waals surface area contributed by atoms with E-state index in [0.717, 1.165) is 11.4 Å². The van der Waals surface area contributed by atoms with Gasteiger partial charge in [-0.05, 0) is 25.5 Å². The lowest BCUT2D eigenvalue weighted by Gasteiger charge is -2.34. The highest BCUT2D eigenvalue weighted by Gasteiger charge is 2.27. The molecule has 3 rings (SSSR count). The molecule has 0 atom stereocenters. The standard InChI is InChI=1S/C19H23N3O3S/c1-3-17-20-13-16(26-17)19(24)22-11-9-21(10-12-22)18(23)14-7-5-6-8-15(14)25-4-2/h5-8,13H,3-4,9-12H2,1-2H3. The van der Waals surface area contributed by atoms with Crippen molar-refractivity contribution in [1.29, 1.82) is 0 Å². The van der Waals surface area contributed by atoms with Crippen LogP contribution in [0.1, 0.15) is 38.9 Å². The van der Waals surface area contributed by atoms with Crippen LogP contribution < -0.4 is 4.74 Å². The summed E-state index contributed by atoms with van der Waals surface area (Å²) in [5.74, 6) is 0.562. The molecule has 1 aliphatic heterocycles. The summed E-state index contributed by atoms with van der Waals surface area (Å²) in [6.45, 7) is 6.53. The smallest absolute Gasteiger partial charge is 0.265 e. The van der Waals surface area contributed by atoms with Crippen LogP contribution in [0.4, 0.5) is 0 Å². The van der Waals surface area contributed by atoms with Crippen molar-refractivity contribution in [3.63, 3.8) is 0 Å². The van der Waals surface area contributed by atoms with E-state index in [4.69, 9.17) is 4.74 Å². The quantitative estimate of drug-likeness (QED) is 0.808. The van der Waals surface area contributed by atoms with Gasteiger partial charge in [0.25, 0.3) is 11.8 Å². The average Bonchev–Trinajstić information content (AvgIpc) is 3.17. The summed E-state index contributed by atoms with van der Waals surface area (Å²) in [5, 5.41) is 0.967. The molecule has 1 aromatic heterocycles. The Hall–Kier alpha value is -2.41. The highest BCUT2D eigenvalue weighted by molar-refractivity contribution is 7.13. The molecule has 26 heavy (non-hydrogen) atoms. The second-order valence-corrected chi connectivity index (χ2v) is 7.10. The van der Waals surface area contributed by atoms with Crippen LogP contribution in [0.2, 0.25) is 0 Å². The molecule has 0 unspecified atom stereocenters. The number of aromatic nitrogens is 1. The Balaban J connectivity index is 1.63. The summed E-state index contributed by atoms with van der Waals surface area (Å²) in [5.41, 5.74) is 0.573. The van der Waals surface area contributed by atoms with Crippen LogP contribution >= 0.6 is 11.3 Å². The zero-order valence-electron chi connectivity index (χ0n) is 15.1. The highest BCUT2D eigenvalue weighted by Crippen LogP contribution is 2.22. The predicted octanol–water partition coefficient (Wildman–Crippen LogP) is 2.70. The minimum atomic E-state index is -0.0489. The topological polar surface area (TPSA) is 62.7 Å². The number of aryl methyl sites for hydroxylation is 1. The van der Waals surface area contributed by atoms with E-state index in [9.17, 15) is 9.59 Å². The number of rotatable bonds is 5. The van der Waals surface area contributed by atoms with E-state index >= 15 is 0 Å². The third-order valence-electron chi connectivity index (χ3n) is 4.34. The Morgan fingerprint density at radius 3 is 2.35 bits per heavy atom. The zero-order chi connectivity index (χ0) is 18.5. The summed E-state index contributed by atoms with van der Waals surface area (Å²) in [6, 6.07) is 7.29. The minimum Gasteiger partial charge on any atom is -0.493 e. The number of para-hydroxylation sites is 1. The first kappa shape index (κ1) is 18.4. The van der Waals surface area contributed by atoms with Crippen LogP contribution in [0, 0.1) is 0 Å². The largest absolute Gasteiger partial charge is 0.493 e. The first-order valence-corrected chi connectivity index (χ1v) is 9.70. The maximum absolute atomic E-state index is 12.8. The first-order valence-electron chi connectivity index (χ1n) is 8.89. The van der Waals surface area contributed by atoms with E-state index in [1.165, 1.54) is 11.3 Å². The van der Waals surface area contributed by atoms with E-state index in [1.807, 2.05) is 32.0 Å². The number of ether oxygens (including phenoxy) is 1. The molecule has 2 amide bonds. The van der Waals surface area contributed by atoms with E-state index in [0.29, 0.717) is 49.0 Å². The summed E-state index contributed by atoms with van der Waals surface area (Å²) in [4.78, 5) is 33.9. The van der Waals surface area contributed by atoms with Gasteiger partial charge in [0, 0.05) is 26.2 Å². The van der Waals surface area contributed by atoms with Gasteiger partial charge in [0.15, 0.2) is 0 Å². The summed E-state index contributed by atoms with van der Waals surface area (Å²) in [6.07, 6.45) is 2.49. The van der Waals surface area contributed by atoms with Crippen molar-refractivity contribution in [2.75, 3.05) is 32.8 Å². The lowest BCUT2D eigenvalue weighted by Crippen LogP contribution is -2.50. The maximum atomic E-state index is 12.8. The van der Waals surface area contributed by atoms with Crippen LogP contribution in [0.5, 0.6) is 5.75 Å². The Labute approximate surface area is 157 Å². The molecule has 2 heterocycles. The minimum absolute atomic E-state index is 0.00372. The third kappa shape index (κ3) is 3.88. The molecule has 0 saturated carbocycles. The van der Waals surface area contributed by atoms with Crippen LogP contribution in [0.15, 0.2) is 30.5 Å². The molecular weight excluding hydrogens is 350 g/mol. The second-order valence-electron chi connectivity index (χ2n) is 5.99. The molecule has 6 nitrogen and oxygen atoms in total. The fourth-order valence-electron chi connectivity index (χ4n) is 2.94. The monoisotopic (exact) mass is 373 g/mol. The van der Waals surface area contributed by atoms with Crippen LogP contribution in [-0.2, 0) is 6.42 Å². The lowest BCUT2D eigenvalue weighted by molar-refractivity contribution is 0.0535. The molecule has 2 aromatic rings. The fraction of sp³-hybridized carbons (Fsp3) is 0.421. The van der Waals surface area contributed by atoms with Crippen molar-refractivity contribution in [3.05, 3.63) is 45.9 Å². The number of piperazine rings is 1. The maximum Gasteiger partial charge on any atom is 0.265 e. The number of hydrogen-bond donors (Lipinski definition) is 0. The molecule has 1 saturated heterocycles. The van der Waals surface area contributed by atoms with E-state index in [-0.39, 0.29) is 11.8 Å². The molecule has 7 heteroatoms. The molecule has 0 aliphatic carbocycles. The number of hydrogen-bond acceptors (Lipinski definition) is 5. The molecule has 0 N–H and O–H groups in total. The number of carbonyl (C=O) groups is 2. The van der Waals surface area contributed by atoms with E-state index < -0.39 is 0 Å². The number of amides is 2. The molecule has 138 valence electrons. The van der Waals surface area contributed by atoms with Gasteiger partial charge in [-0.15, -0.1) is 11.3 Å².